The van der Waals surface area contributed by atoms with Crippen molar-refractivity contribution in [3.63, 3.8) is 0 Å². The zero-order valence-electron chi connectivity index (χ0n) is 12.6. The molecule has 0 atom stereocenters. The average molecular weight is 308 g/mol. The van der Waals surface area contributed by atoms with Crippen LogP contribution in [0, 0.1) is 0 Å². The fourth-order valence-electron chi connectivity index (χ4n) is 2.51. The number of benzene rings is 1. The number of hydrogen-bond acceptors (Lipinski definition) is 3. The van der Waals surface area contributed by atoms with Gasteiger partial charge < -0.3 is 5.32 Å². The molecule has 5 heteroatoms. The quantitative estimate of drug-likeness (QED) is 0.749. The highest BCUT2D eigenvalue weighted by Crippen LogP contribution is 2.30. The second-order valence-corrected chi connectivity index (χ2v) is 8.23. The summed E-state index contributed by atoms with van der Waals surface area (Å²) in [6.07, 6.45) is 6.72. The van der Waals surface area contributed by atoms with Crippen molar-refractivity contribution in [3.8, 4) is 0 Å². The van der Waals surface area contributed by atoms with Crippen molar-refractivity contribution < 1.29 is 8.42 Å². The predicted octanol–water partition coefficient (Wildman–Crippen LogP) is 2.15. The van der Waals surface area contributed by atoms with Gasteiger partial charge in [-0.2, -0.15) is 4.31 Å². The van der Waals surface area contributed by atoms with Gasteiger partial charge in [-0.3, -0.25) is 0 Å². The van der Waals surface area contributed by atoms with Crippen molar-refractivity contribution in [2.45, 2.75) is 55.5 Å². The van der Waals surface area contributed by atoms with E-state index in [2.05, 4.69) is 5.32 Å². The van der Waals surface area contributed by atoms with Crippen molar-refractivity contribution in [1.82, 2.24) is 9.62 Å². The fraction of sp³-hybridized carbons (Fsp3) is 0.625. The van der Waals surface area contributed by atoms with Gasteiger partial charge in [0.1, 0.15) is 0 Å². The summed E-state index contributed by atoms with van der Waals surface area (Å²) in [7, 11) is -1.61. The Morgan fingerprint density at radius 2 is 1.81 bits per heavy atom. The second kappa shape index (κ2) is 6.07. The first kappa shape index (κ1) is 15.0. The highest BCUT2D eigenvalue weighted by atomic mass is 32.2. The van der Waals surface area contributed by atoms with Crippen molar-refractivity contribution in [2.24, 2.45) is 0 Å². The summed E-state index contributed by atoms with van der Waals surface area (Å²) < 4.78 is 26.3. The van der Waals surface area contributed by atoms with E-state index in [1.54, 1.807) is 19.2 Å². The summed E-state index contributed by atoms with van der Waals surface area (Å²) in [5.41, 5.74) is 1.21. The SMILES string of the molecule is CN(C1CC1)S(=O)(=O)c1ccc(CCCNC2CC2)cc1. The lowest BCUT2D eigenvalue weighted by atomic mass is 10.1. The molecule has 0 aromatic heterocycles. The molecule has 0 saturated heterocycles. The molecule has 0 amide bonds. The maximum Gasteiger partial charge on any atom is 0.243 e. The minimum Gasteiger partial charge on any atom is -0.314 e. The molecule has 0 bridgehead atoms. The van der Waals surface area contributed by atoms with Gasteiger partial charge in [-0.25, -0.2) is 8.42 Å². The van der Waals surface area contributed by atoms with Crippen molar-refractivity contribution in [2.75, 3.05) is 13.6 Å². The smallest absolute Gasteiger partial charge is 0.243 e. The van der Waals surface area contributed by atoms with E-state index in [1.807, 2.05) is 12.1 Å². The van der Waals surface area contributed by atoms with Crippen LogP contribution in [0.5, 0.6) is 0 Å². The third-order valence-corrected chi connectivity index (χ3v) is 6.24. The fourth-order valence-corrected chi connectivity index (χ4v) is 3.93. The van der Waals surface area contributed by atoms with Crippen molar-refractivity contribution >= 4 is 10.0 Å². The van der Waals surface area contributed by atoms with Crippen LogP contribution in [0.3, 0.4) is 0 Å². The molecule has 0 unspecified atom stereocenters. The van der Waals surface area contributed by atoms with Gasteiger partial charge in [-0.05, 0) is 62.8 Å². The lowest BCUT2D eigenvalue weighted by Crippen LogP contribution is -2.28. The van der Waals surface area contributed by atoms with Gasteiger partial charge in [0.15, 0.2) is 0 Å². The van der Waals surface area contributed by atoms with E-state index in [1.165, 1.54) is 22.7 Å². The van der Waals surface area contributed by atoms with Crippen molar-refractivity contribution in [1.29, 1.82) is 0 Å². The molecule has 2 aliphatic carbocycles. The number of sulfonamides is 1. The summed E-state index contributed by atoms with van der Waals surface area (Å²) >= 11 is 0. The lowest BCUT2D eigenvalue weighted by Gasteiger charge is -2.16. The minimum absolute atomic E-state index is 0.211. The molecule has 21 heavy (non-hydrogen) atoms. The maximum absolute atomic E-state index is 12.4. The zero-order valence-corrected chi connectivity index (χ0v) is 13.4. The van der Waals surface area contributed by atoms with Crippen LogP contribution in [0.4, 0.5) is 0 Å². The molecule has 0 radical (unpaired) electrons. The Balaban J connectivity index is 1.55. The summed E-state index contributed by atoms with van der Waals surface area (Å²) in [6.45, 7) is 1.05. The molecule has 1 aromatic carbocycles. The summed E-state index contributed by atoms with van der Waals surface area (Å²) in [6, 6.07) is 8.37. The first-order valence-electron chi connectivity index (χ1n) is 7.88. The van der Waals surface area contributed by atoms with Crippen LogP contribution in [-0.4, -0.2) is 38.4 Å². The van der Waals surface area contributed by atoms with Gasteiger partial charge >= 0.3 is 0 Å². The molecule has 1 aromatic rings. The molecule has 2 saturated carbocycles. The van der Waals surface area contributed by atoms with Gasteiger partial charge in [-0.15, -0.1) is 0 Å². The maximum atomic E-state index is 12.4. The Morgan fingerprint density at radius 1 is 1.14 bits per heavy atom. The molecule has 116 valence electrons. The normalized spacial score (nSPS) is 19.1. The van der Waals surface area contributed by atoms with E-state index in [-0.39, 0.29) is 6.04 Å². The minimum atomic E-state index is -3.30. The Bertz CT molecular complexity index is 575. The third-order valence-electron chi connectivity index (χ3n) is 4.31. The monoisotopic (exact) mass is 308 g/mol. The highest BCUT2D eigenvalue weighted by molar-refractivity contribution is 7.89. The molecule has 4 nitrogen and oxygen atoms in total. The Kier molecular flexibility index (Phi) is 4.33. The van der Waals surface area contributed by atoms with Gasteiger partial charge in [-0.1, -0.05) is 12.1 Å². The van der Waals surface area contributed by atoms with Crippen molar-refractivity contribution in [3.05, 3.63) is 29.8 Å². The Morgan fingerprint density at radius 3 is 2.38 bits per heavy atom. The zero-order chi connectivity index (χ0) is 14.9. The average Bonchev–Trinajstić information content (AvgIpc) is 3.37. The van der Waals surface area contributed by atoms with E-state index < -0.39 is 10.0 Å². The van der Waals surface area contributed by atoms with E-state index in [0.29, 0.717) is 4.90 Å². The van der Waals surface area contributed by atoms with E-state index in [0.717, 1.165) is 38.3 Å². The molecule has 3 rings (SSSR count). The molecule has 0 aliphatic heterocycles. The van der Waals surface area contributed by atoms with Gasteiger partial charge in [0.25, 0.3) is 0 Å². The number of nitrogens with zero attached hydrogens (tertiary/aromatic N) is 1. The van der Waals surface area contributed by atoms with Crippen LogP contribution >= 0.6 is 0 Å². The highest BCUT2D eigenvalue weighted by Gasteiger charge is 2.34. The summed E-state index contributed by atoms with van der Waals surface area (Å²) in [5.74, 6) is 0. The summed E-state index contributed by atoms with van der Waals surface area (Å²) in [5, 5.41) is 3.49. The number of hydrogen-bond donors (Lipinski definition) is 1. The Hall–Kier alpha value is -0.910. The lowest BCUT2D eigenvalue weighted by molar-refractivity contribution is 0.464. The molecular weight excluding hydrogens is 284 g/mol. The van der Waals surface area contributed by atoms with Crippen LogP contribution in [0.2, 0.25) is 0 Å². The molecule has 2 aliphatic rings. The van der Waals surface area contributed by atoms with Crippen LogP contribution in [-0.2, 0) is 16.4 Å². The Labute approximate surface area is 127 Å². The van der Waals surface area contributed by atoms with E-state index >= 15 is 0 Å². The van der Waals surface area contributed by atoms with Gasteiger partial charge in [0.05, 0.1) is 4.90 Å². The van der Waals surface area contributed by atoms with Crippen LogP contribution in [0.25, 0.3) is 0 Å². The first-order chi connectivity index (χ1) is 10.1. The summed E-state index contributed by atoms with van der Waals surface area (Å²) in [4.78, 5) is 0.414. The number of nitrogens with one attached hydrogen (secondary N) is 1. The predicted molar refractivity (Wildman–Crippen MR) is 83.8 cm³/mol. The molecular formula is C16H24N2O2S. The number of rotatable bonds is 8. The molecule has 0 heterocycles. The van der Waals surface area contributed by atoms with E-state index in [4.69, 9.17) is 0 Å². The number of aryl methyl sites for hydroxylation is 1. The molecule has 2 fully saturated rings. The first-order valence-corrected chi connectivity index (χ1v) is 9.32. The topological polar surface area (TPSA) is 49.4 Å². The van der Waals surface area contributed by atoms with E-state index in [9.17, 15) is 8.42 Å². The van der Waals surface area contributed by atoms with Gasteiger partial charge in [0.2, 0.25) is 10.0 Å². The largest absolute Gasteiger partial charge is 0.314 e. The third kappa shape index (κ3) is 3.84. The standard InChI is InChI=1S/C16H24N2O2S/c1-18(15-8-9-15)21(19,20)16-10-4-13(5-11-16)3-2-12-17-14-6-7-14/h4-5,10-11,14-15,17H,2-3,6-9,12H2,1H3. The van der Waals surface area contributed by atoms with Crippen LogP contribution in [0.15, 0.2) is 29.2 Å². The van der Waals surface area contributed by atoms with Gasteiger partial charge in [0, 0.05) is 19.1 Å². The van der Waals surface area contributed by atoms with Crippen LogP contribution in [0.1, 0.15) is 37.7 Å². The van der Waals surface area contributed by atoms with Crippen LogP contribution < -0.4 is 5.32 Å². The molecule has 0 spiro atoms. The second-order valence-electron chi connectivity index (χ2n) is 6.23. The molecule has 1 N–H and O–H groups in total.